The van der Waals surface area contributed by atoms with Gasteiger partial charge in [0.25, 0.3) is 0 Å². The van der Waals surface area contributed by atoms with Crippen molar-refractivity contribution < 1.29 is 18.3 Å². The van der Waals surface area contributed by atoms with Gasteiger partial charge in [0.2, 0.25) is 11.9 Å². The number of nitrogens with one attached hydrogen (secondary N) is 4. The van der Waals surface area contributed by atoms with Crippen LogP contribution in [0.15, 0.2) is 0 Å². The fourth-order valence-electron chi connectivity index (χ4n) is 2.04. The van der Waals surface area contributed by atoms with Crippen molar-refractivity contribution in [1.82, 2.24) is 19.9 Å². The lowest BCUT2D eigenvalue weighted by Gasteiger charge is -2.17. The van der Waals surface area contributed by atoms with Crippen LogP contribution in [-0.4, -0.2) is 64.5 Å². The molecule has 9 nitrogen and oxygen atoms in total. The van der Waals surface area contributed by atoms with Crippen LogP contribution in [0.2, 0.25) is 0 Å². The van der Waals surface area contributed by atoms with Crippen molar-refractivity contribution in [3.63, 3.8) is 0 Å². The first-order valence-electron chi connectivity index (χ1n) is 7.98. The van der Waals surface area contributed by atoms with Gasteiger partial charge in [0.15, 0.2) is 17.7 Å². The first-order valence-corrected chi connectivity index (χ1v) is 7.98. The fourth-order valence-corrected chi connectivity index (χ4v) is 2.04. The van der Waals surface area contributed by atoms with E-state index in [4.69, 9.17) is 0 Å². The zero-order valence-corrected chi connectivity index (χ0v) is 15.8. The van der Waals surface area contributed by atoms with Crippen molar-refractivity contribution in [2.75, 3.05) is 48.5 Å². The summed E-state index contributed by atoms with van der Waals surface area (Å²) in [4.78, 5) is 16.9. The Balaban J connectivity index is 0.00000364. The first-order chi connectivity index (χ1) is 12.3. The van der Waals surface area contributed by atoms with Crippen LogP contribution in [0.25, 0.3) is 11.0 Å². The molecule has 2 rings (SSSR count). The maximum absolute atomic E-state index is 12.6. The summed E-state index contributed by atoms with van der Waals surface area (Å²) in [6.45, 7) is 1.84. The number of alkyl halides is 3. The second-order valence-corrected chi connectivity index (χ2v) is 5.35. The Morgan fingerprint density at radius 3 is 1.81 bits per heavy atom. The fraction of sp³-hybridized carbons (Fsp3) is 0.571. The molecule has 0 aliphatic carbocycles. The minimum atomic E-state index is -4.74. The van der Waals surface area contributed by atoms with E-state index in [0.717, 1.165) is 6.42 Å². The molecule has 0 saturated carbocycles. The van der Waals surface area contributed by atoms with Gasteiger partial charge in [-0.2, -0.15) is 23.1 Å². The Morgan fingerprint density at radius 2 is 1.41 bits per heavy atom. The number of aliphatic hydroxyl groups is 1. The highest BCUT2D eigenvalue weighted by molar-refractivity contribution is 5.94. The van der Waals surface area contributed by atoms with Gasteiger partial charge in [-0.05, 0) is 6.42 Å². The standard InChI is InChI=1S/C14H21F3N8O.ClH/c1-4-5-20-10-8-9(23-12(18-2)24-10)11(25-13(19-3)22-8)21-6-7(26)14(15,16)17;/h7,26H,4-6H2,1-3H3,(H2,18,20,23,24)(H2,19,21,22,25);1H. The number of aromatic nitrogens is 4. The average molecular weight is 411 g/mol. The molecule has 0 aliphatic heterocycles. The topological polar surface area (TPSA) is 120 Å². The second kappa shape index (κ2) is 9.55. The van der Waals surface area contributed by atoms with Crippen molar-refractivity contribution in [2.24, 2.45) is 0 Å². The van der Waals surface area contributed by atoms with Crippen molar-refractivity contribution in [2.45, 2.75) is 25.6 Å². The van der Waals surface area contributed by atoms with Gasteiger partial charge in [0, 0.05) is 20.6 Å². The first kappa shape index (κ1) is 22.7. The van der Waals surface area contributed by atoms with E-state index < -0.39 is 18.8 Å². The highest BCUT2D eigenvalue weighted by Crippen LogP contribution is 2.27. The van der Waals surface area contributed by atoms with Gasteiger partial charge in [0.05, 0.1) is 6.54 Å². The molecule has 152 valence electrons. The van der Waals surface area contributed by atoms with Crippen LogP contribution >= 0.6 is 12.4 Å². The molecule has 0 aromatic carbocycles. The van der Waals surface area contributed by atoms with Gasteiger partial charge in [0.1, 0.15) is 11.0 Å². The van der Waals surface area contributed by atoms with E-state index in [1.54, 1.807) is 14.1 Å². The van der Waals surface area contributed by atoms with Crippen molar-refractivity contribution in [3.05, 3.63) is 0 Å². The molecule has 0 fully saturated rings. The summed E-state index contributed by atoms with van der Waals surface area (Å²) in [6, 6.07) is 0. The van der Waals surface area contributed by atoms with E-state index in [2.05, 4.69) is 41.2 Å². The third-order valence-electron chi connectivity index (χ3n) is 3.37. The summed E-state index contributed by atoms with van der Waals surface area (Å²) in [5.74, 6) is 0.929. The highest BCUT2D eigenvalue weighted by atomic mass is 35.5. The molecule has 2 aromatic heterocycles. The number of hydrogen-bond acceptors (Lipinski definition) is 9. The molecule has 0 amide bonds. The predicted molar refractivity (Wildman–Crippen MR) is 101 cm³/mol. The van der Waals surface area contributed by atoms with Crippen LogP contribution in [0.4, 0.5) is 36.7 Å². The Kier molecular flexibility index (Phi) is 8.03. The highest BCUT2D eigenvalue weighted by Gasteiger charge is 2.38. The van der Waals surface area contributed by atoms with Crippen molar-refractivity contribution in [1.29, 1.82) is 0 Å². The Morgan fingerprint density at radius 1 is 0.926 bits per heavy atom. The van der Waals surface area contributed by atoms with Crippen LogP contribution in [0.3, 0.4) is 0 Å². The molecule has 27 heavy (non-hydrogen) atoms. The third kappa shape index (κ3) is 5.57. The van der Waals surface area contributed by atoms with Gasteiger partial charge in [-0.1, -0.05) is 6.92 Å². The molecule has 0 aliphatic rings. The Hall–Kier alpha value is -2.34. The summed E-state index contributed by atoms with van der Waals surface area (Å²) < 4.78 is 37.7. The number of nitrogens with zero attached hydrogens (tertiary/aromatic N) is 4. The summed E-state index contributed by atoms with van der Waals surface area (Å²) in [6.07, 6.45) is -6.43. The van der Waals surface area contributed by atoms with Crippen LogP contribution in [0.5, 0.6) is 0 Å². The van der Waals surface area contributed by atoms with Crippen LogP contribution in [0.1, 0.15) is 13.3 Å². The van der Waals surface area contributed by atoms with Gasteiger partial charge in [-0.15, -0.1) is 12.4 Å². The number of anilines is 4. The molecule has 1 atom stereocenters. The molecule has 2 heterocycles. The molecule has 5 N–H and O–H groups in total. The van der Waals surface area contributed by atoms with Crippen LogP contribution in [0, 0.1) is 0 Å². The van der Waals surface area contributed by atoms with Crippen molar-refractivity contribution in [3.8, 4) is 0 Å². The third-order valence-corrected chi connectivity index (χ3v) is 3.37. The number of hydrogen-bond donors (Lipinski definition) is 5. The quantitative estimate of drug-likeness (QED) is 0.445. The van der Waals surface area contributed by atoms with E-state index in [0.29, 0.717) is 17.9 Å². The molecule has 1 unspecified atom stereocenters. The zero-order chi connectivity index (χ0) is 19.3. The largest absolute Gasteiger partial charge is 0.416 e. The predicted octanol–water partition coefficient (Wildman–Crippen LogP) is 2.08. The average Bonchev–Trinajstić information content (AvgIpc) is 2.62. The minimum Gasteiger partial charge on any atom is -0.382 e. The van der Waals surface area contributed by atoms with Crippen LogP contribution < -0.4 is 21.3 Å². The van der Waals surface area contributed by atoms with E-state index >= 15 is 0 Å². The van der Waals surface area contributed by atoms with E-state index in [9.17, 15) is 18.3 Å². The second-order valence-electron chi connectivity index (χ2n) is 5.35. The molecule has 0 radical (unpaired) electrons. The van der Waals surface area contributed by atoms with Crippen molar-refractivity contribution >= 4 is 47.0 Å². The maximum Gasteiger partial charge on any atom is 0.416 e. The van der Waals surface area contributed by atoms with Crippen LogP contribution in [-0.2, 0) is 0 Å². The number of rotatable bonds is 8. The Bertz CT molecular complexity index is 761. The van der Waals surface area contributed by atoms with Gasteiger partial charge >= 0.3 is 6.18 Å². The van der Waals surface area contributed by atoms with Gasteiger partial charge in [-0.3, -0.25) is 0 Å². The van der Waals surface area contributed by atoms with E-state index in [1.165, 1.54) is 0 Å². The molecule has 0 bridgehead atoms. The number of aliphatic hydroxyl groups excluding tert-OH is 1. The van der Waals surface area contributed by atoms with E-state index in [-0.39, 0.29) is 35.6 Å². The SMILES string of the molecule is CCCNc1nc(NC)nc2c(NCC(O)C(F)(F)F)nc(NC)nc12.Cl. The minimum absolute atomic E-state index is 0. The summed E-state index contributed by atoms with van der Waals surface area (Å²) in [7, 11) is 3.20. The van der Waals surface area contributed by atoms with E-state index in [1.807, 2.05) is 6.92 Å². The summed E-state index contributed by atoms with van der Waals surface area (Å²) in [5.41, 5.74) is 0.581. The maximum atomic E-state index is 12.6. The lowest BCUT2D eigenvalue weighted by atomic mass is 10.3. The monoisotopic (exact) mass is 410 g/mol. The molecular formula is C14H22ClF3N8O. The number of halogens is 4. The smallest absolute Gasteiger partial charge is 0.382 e. The lowest BCUT2D eigenvalue weighted by Crippen LogP contribution is -2.35. The molecular weight excluding hydrogens is 389 g/mol. The summed E-state index contributed by atoms with van der Waals surface area (Å²) >= 11 is 0. The lowest BCUT2D eigenvalue weighted by molar-refractivity contribution is -0.198. The molecule has 0 saturated heterocycles. The normalized spacial score (nSPS) is 12.3. The van der Waals surface area contributed by atoms with Gasteiger partial charge in [-0.25, -0.2) is 9.97 Å². The molecule has 0 spiro atoms. The molecule has 13 heteroatoms. The zero-order valence-electron chi connectivity index (χ0n) is 15.0. The number of fused-ring (bicyclic) bond motifs is 1. The van der Waals surface area contributed by atoms with Gasteiger partial charge < -0.3 is 26.4 Å². The molecule has 2 aromatic rings. The Labute approximate surface area is 160 Å². The summed E-state index contributed by atoms with van der Waals surface area (Å²) in [5, 5.41) is 20.4.